The Morgan fingerprint density at radius 3 is 2.59 bits per heavy atom. The van der Waals surface area contributed by atoms with Gasteiger partial charge in [0, 0.05) is 33.6 Å². The molecule has 1 amide bonds. The molecule has 1 rings (SSSR count). The van der Waals surface area contributed by atoms with Gasteiger partial charge in [-0.1, -0.05) is 0 Å². The van der Waals surface area contributed by atoms with E-state index in [4.69, 9.17) is 0 Å². The Balaban J connectivity index is 2.45. The van der Waals surface area contributed by atoms with Crippen LogP contribution in [0.15, 0.2) is 0 Å². The standard InChI is InChI=1S/C12H22N2O3/c1-12(11(16)17)6-4-7-14(9-12)8-5-10(15)13(2)3/h4-9H2,1-3H3,(H,16,17). The van der Waals surface area contributed by atoms with Gasteiger partial charge in [0.2, 0.25) is 5.91 Å². The van der Waals surface area contributed by atoms with E-state index in [9.17, 15) is 14.7 Å². The molecule has 17 heavy (non-hydrogen) atoms. The van der Waals surface area contributed by atoms with Gasteiger partial charge >= 0.3 is 5.97 Å². The van der Waals surface area contributed by atoms with Gasteiger partial charge in [0.1, 0.15) is 0 Å². The van der Waals surface area contributed by atoms with Crippen molar-refractivity contribution in [2.45, 2.75) is 26.2 Å². The summed E-state index contributed by atoms with van der Waals surface area (Å²) in [5.74, 6) is -0.645. The Morgan fingerprint density at radius 1 is 1.41 bits per heavy atom. The summed E-state index contributed by atoms with van der Waals surface area (Å²) in [7, 11) is 3.47. The van der Waals surface area contributed by atoms with Crippen LogP contribution in [0.1, 0.15) is 26.2 Å². The highest BCUT2D eigenvalue weighted by atomic mass is 16.4. The number of carbonyl (C=O) groups is 2. The second-order valence-electron chi connectivity index (χ2n) is 5.28. The van der Waals surface area contributed by atoms with Gasteiger partial charge in [-0.2, -0.15) is 0 Å². The number of likely N-dealkylation sites (tertiary alicyclic amines) is 1. The van der Waals surface area contributed by atoms with Crippen LogP contribution in [0.4, 0.5) is 0 Å². The average molecular weight is 242 g/mol. The fourth-order valence-corrected chi connectivity index (χ4v) is 2.19. The lowest BCUT2D eigenvalue weighted by atomic mass is 9.82. The Morgan fingerprint density at radius 2 is 2.06 bits per heavy atom. The van der Waals surface area contributed by atoms with E-state index in [0.29, 0.717) is 19.5 Å². The van der Waals surface area contributed by atoms with E-state index in [1.54, 1.807) is 25.9 Å². The lowest BCUT2D eigenvalue weighted by Crippen LogP contribution is -2.46. The van der Waals surface area contributed by atoms with Gasteiger partial charge in [0.15, 0.2) is 0 Å². The van der Waals surface area contributed by atoms with Gasteiger partial charge < -0.3 is 14.9 Å². The summed E-state index contributed by atoms with van der Waals surface area (Å²) in [5, 5.41) is 9.18. The number of hydrogen-bond donors (Lipinski definition) is 1. The van der Waals surface area contributed by atoms with Crippen LogP contribution in [0.3, 0.4) is 0 Å². The number of hydrogen-bond acceptors (Lipinski definition) is 3. The van der Waals surface area contributed by atoms with E-state index < -0.39 is 11.4 Å². The first-order chi connectivity index (χ1) is 7.85. The normalized spacial score (nSPS) is 25.6. The molecule has 1 atom stereocenters. The van der Waals surface area contributed by atoms with Gasteiger partial charge in [-0.15, -0.1) is 0 Å². The van der Waals surface area contributed by atoms with Crippen LogP contribution in [-0.2, 0) is 9.59 Å². The lowest BCUT2D eigenvalue weighted by Gasteiger charge is -2.37. The summed E-state index contributed by atoms with van der Waals surface area (Å²) in [6, 6.07) is 0. The summed E-state index contributed by atoms with van der Waals surface area (Å²) < 4.78 is 0. The SMILES string of the molecule is CN(C)C(=O)CCN1CCCC(C)(C(=O)O)C1. The topological polar surface area (TPSA) is 60.9 Å². The molecule has 1 unspecified atom stereocenters. The molecule has 0 spiro atoms. The average Bonchev–Trinajstić information content (AvgIpc) is 2.25. The number of nitrogens with zero attached hydrogens (tertiary/aromatic N) is 2. The monoisotopic (exact) mass is 242 g/mol. The first-order valence-electron chi connectivity index (χ1n) is 6.01. The predicted molar refractivity (Wildman–Crippen MR) is 64.7 cm³/mol. The van der Waals surface area contributed by atoms with Gasteiger partial charge in [-0.05, 0) is 26.3 Å². The zero-order chi connectivity index (χ0) is 13.1. The molecule has 0 bridgehead atoms. The van der Waals surface area contributed by atoms with E-state index in [0.717, 1.165) is 19.4 Å². The van der Waals surface area contributed by atoms with Gasteiger partial charge in [-0.25, -0.2) is 0 Å². The third kappa shape index (κ3) is 3.70. The number of carbonyl (C=O) groups excluding carboxylic acids is 1. The largest absolute Gasteiger partial charge is 0.481 e. The van der Waals surface area contributed by atoms with Crippen molar-refractivity contribution < 1.29 is 14.7 Å². The van der Waals surface area contributed by atoms with E-state index in [1.165, 1.54) is 0 Å². The molecule has 1 aliphatic heterocycles. The van der Waals surface area contributed by atoms with E-state index in [-0.39, 0.29) is 5.91 Å². The summed E-state index contributed by atoms with van der Waals surface area (Å²) in [5.41, 5.74) is -0.653. The second kappa shape index (κ2) is 5.49. The predicted octanol–water partition coefficient (Wildman–Crippen LogP) is 0.651. The first kappa shape index (κ1) is 14.0. The lowest BCUT2D eigenvalue weighted by molar-refractivity contribution is -0.151. The van der Waals surface area contributed by atoms with Crippen LogP contribution in [0.25, 0.3) is 0 Å². The van der Waals surface area contributed by atoms with Crippen molar-refractivity contribution in [1.29, 1.82) is 0 Å². The van der Waals surface area contributed by atoms with E-state index in [1.807, 2.05) is 0 Å². The molecule has 0 aromatic rings. The minimum Gasteiger partial charge on any atom is -0.481 e. The maximum Gasteiger partial charge on any atom is 0.310 e. The minimum atomic E-state index is -0.735. The molecule has 0 saturated carbocycles. The summed E-state index contributed by atoms with van der Waals surface area (Å²) in [6.45, 7) is 3.88. The smallest absolute Gasteiger partial charge is 0.310 e. The number of piperidine rings is 1. The summed E-state index contributed by atoms with van der Waals surface area (Å²) in [6.07, 6.45) is 2.07. The summed E-state index contributed by atoms with van der Waals surface area (Å²) >= 11 is 0. The molecule has 1 fully saturated rings. The third-order valence-corrected chi connectivity index (χ3v) is 3.43. The maximum atomic E-state index is 11.5. The van der Waals surface area contributed by atoms with Crippen LogP contribution in [0, 0.1) is 5.41 Å². The van der Waals surface area contributed by atoms with E-state index in [2.05, 4.69) is 4.90 Å². The number of carboxylic acid groups (broad SMARTS) is 1. The van der Waals surface area contributed by atoms with Crippen molar-refractivity contribution in [2.75, 3.05) is 33.7 Å². The molecule has 0 radical (unpaired) electrons. The molecule has 1 heterocycles. The fourth-order valence-electron chi connectivity index (χ4n) is 2.19. The van der Waals surface area contributed by atoms with Crippen molar-refractivity contribution in [3.8, 4) is 0 Å². The Kier molecular flexibility index (Phi) is 4.51. The number of carboxylic acids is 1. The van der Waals surface area contributed by atoms with Crippen LogP contribution in [0.5, 0.6) is 0 Å². The molecule has 1 N–H and O–H groups in total. The fraction of sp³-hybridized carbons (Fsp3) is 0.833. The summed E-state index contributed by atoms with van der Waals surface area (Å²) in [4.78, 5) is 26.3. The van der Waals surface area contributed by atoms with Crippen LogP contribution in [-0.4, -0.2) is 60.5 Å². The Labute approximate surface area is 102 Å². The third-order valence-electron chi connectivity index (χ3n) is 3.43. The molecule has 5 nitrogen and oxygen atoms in total. The minimum absolute atomic E-state index is 0.0904. The zero-order valence-corrected chi connectivity index (χ0v) is 10.9. The molecule has 1 saturated heterocycles. The molecule has 0 aromatic carbocycles. The van der Waals surface area contributed by atoms with E-state index >= 15 is 0 Å². The van der Waals surface area contributed by atoms with Crippen molar-refractivity contribution in [3.05, 3.63) is 0 Å². The number of amides is 1. The molecular weight excluding hydrogens is 220 g/mol. The van der Waals surface area contributed by atoms with Gasteiger partial charge in [0.25, 0.3) is 0 Å². The van der Waals surface area contributed by atoms with Crippen molar-refractivity contribution in [2.24, 2.45) is 5.41 Å². The highest BCUT2D eigenvalue weighted by Gasteiger charge is 2.37. The van der Waals surface area contributed by atoms with Gasteiger partial charge in [-0.3, -0.25) is 9.59 Å². The maximum absolute atomic E-state index is 11.5. The van der Waals surface area contributed by atoms with Crippen LogP contribution < -0.4 is 0 Å². The zero-order valence-electron chi connectivity index (χ0n) is 10.9. The first-order valence-corrected chi connectivity index (χ1v) is 6.01. The number of rotatable bonds is 4. The number of aliphatic carboxylic acids is 1. The highest BCUT2D eigenvalue weighted by molar-refractivity contribution is 5.76. The molecule has 1 aliphatic rings. The van der Waals surface area contributed by atoms with Crippen molar-refractivity contribution in [3.63, 3.8) is 0 Å². The van der Waals surface area contributed by atoms with Crippen molar-refractivity contribution >= 4 is 11.9 Å². The Bertz CT molecular complexity index is 304. The second-order valence-corrected chi connectivity index (χ2v) is 5.28. The molecular formula is C12H22N2O3. The van der Waals surface area contributed by atoms with Crippen LogP contribution >= 0.6 is 0 Å². The molecule has 0 aliphatic carbocycles. The van der Waals surface area contributed by atoms with Gasteiger partial charge in [0.05, 0.1) is 5.41 Å². The highest BCUT2D eigenvalue weighted by Crippen LogP contribution is 2.29. The Hall–Kier alpha value is -1.10. The molecule has 0 aromatic heterocycles. The molecule has 5 heteroatoms. The molecule has 98 valence electrons. The van der Waals surface area contributed by atoms with Crippen LogP contribution in [0.2, 0.25) is 0 Å². The quantitative estimate of drug-likeness (QED) is 0.786. The van der Waals surface area contributed by atoms with Crippen molar-refractivity contribution in [1.82, 2.24) is 9.80 Å².